The second-order valence-corrected chi connectivity index (χ2v) is 4.50. The lowest BCUT2D eigenvalue weighted by Crippen LogP contribution is -2.22. The highest BCUT2D eigenvalue weighted by atomic mass is 19.4. The summed E-state index contributed by atoms with van der Waals surface area (Å²) in [6.07, 6.45) is -3.62. The summed E-state index contributed by atoms with van der Waals surface area (Å²) < 4.78 is 37.6. The third-order valence-electron chi connectivity index (χ3n) is 2.74. The maximum Gasteiger partial charge on any atom is 0.416 e. The van der Waals surface area contributed by atoms with E-state index in [2.05, 4.69) is 0 Å². The Labute approximate surface area is 93.5 Å². The van der Waals surface area contributed by atoms with E-state index < -0.39 is 11.7 Å². The average molecular weight is 231 g/mol. The highest BCUT2D eigenvalue weighted by Gasteiger charge is 2.31. The van der Waals surface area contributed by atoms with E-state index in [-0.39, 0.29) is 5.41 Å². The number of benzene rings is 1. The van der Waals surface area contributed by atoms with Gasteiger partial charge in [-0.3, -0.25) is 0 Å². The predicted molar refractivity (Wildman–Crippen MR) is 58.1 cm³/mol. The van der Waals surface area contributed by atoms with E-state index in [0.29, 0.717) is 18.5 Å². The molecule has 0 aliphatic heterocycles. The van der Waals surface area contributed by atoms with Crippen LogP contribution >= 0.6 is 0 Å². The Morgan fingerprint density at radius 2 is 1.69 bits per heavy atom. The first-order valence-electron chi connectivity index (χ1n) is 5.15. The highest BCUT2D eigenvalue weighted by Crippen LogP contribution is 2.33. The molecule has 0 fully saturated rings. The van der Waals surface area contributed by atoms with Crippen LogP contribution in [0.2, 0.25) is 0 Å². The van der Waals surface area contributed by atoms with Crippen molar-refractivity contribution in [3.8, 4) is 0 Å². The fourth-order valence-electron chi connectivity index (χ4n) is 1.62. The molecule has 16 heavy (non-hydrogen) atoms. The standard InChI is InChI=1S/C12H16F3N/c1-11(2,6-7-16)9-4-3-5-10(8-9)12(13,14)15/h3-5,8H,6-7,16H2,1-2H3. The van der Waals surface area contributed by atoms with E-state index in [1.165, 1.54) is 12.1 Å². The second-order valence-electron chi connectivity index (χ2n) is 4.50. The molecule has 0 unspecified atom stereocenters. The minimum Gasteiger partial charge on any atom is -0.330 e. The summed E-state index contributed by atoms with van der Waals surface area (Å²) in [5.74, 6) is 0. The molecule has 0 aliphatic rings. The fourth-order valence-corrected chi connectivity index (χ4v) is 1.62. The number of halogens is 3. The van der Waals surface area contributed by atoms with E-state index in [4.69, 9.17) is 5.73 Å². The summed E-state index contributed by atoms with van der Waals surface area (Å²) in [6.45, 7) is 4.26. The van der Waals surface area contributed by atoms with Crippen molar-refractivity contribution in [1.82, 2.24) is 0 Å². The van der Waals surface area contributed by atoms with Gasteiger partial charge in [0.15, 0.2) is 0 Å². The van der Waals surface area contributed by atoms with Crippen molar-refractivity contribution in [2.45, 2.75) is 31.9 Å². The van der Waals surface area contributed by atoms with Crippen molar-refractivity contribution < 1.29 is 13.2 Å². The topological polar surface area (TPSA) is 26.0 Å². The Bertz CT molecular complexity index is 356. The third-order valence-corrected chi connectivity index (χ3v) is 2.74. The zero-order chi connectivity index (χ0) is 12.4. The molecule has 0 aromatic heterocycles. The van der Waals surface area contributed by atoms with Crippen molar-refractivity contribution in [1.29, 1.82) is 0 Å². The minimum atomic E-state index is -4.28. The van der Waals surface area contributed by atoms with Gasteiger partial charge in [0.05, 0.1) is 5.56 Å². The van der Waals surface area contributed by atoms with Crippen LogP contribution in [0.25, 0.3) is 0 Å². The van der Waals surface area contributed by atoms with Crippen LogP contribution in [-0.2, 0) is 11.6 Å². The van der Waals surface area contributed by atoms with Gasteiger partial charge >= 0.3 is 6.18 Å². The van der Waals surface area contributed by atoms with Gasteiger partial charge in [-0.15, -0.1) is 0 Å². The molecule has 0 atom stereocenters. The maximum atomic E-state index is 12.5. The molecule has 0 spiro atoms. The van der Waals surface area contributed by atoms with E-state index in [0.717, 1.165) is 6.07 Å². The van der Waals surface area contributed by atoms with Gasteiger partial charge in [-0.05, 0) is 30.0 Å². The van der Waals surface area contributed by atoms with Crippen LogP contribution in [0.4, 0.5) is 13.2 Å². The van der Waals surface area contributed by atoms with E-state index >= 15 is 0 Å². The van der Waals surface area contributed by atoms with Crippen LogP contribution < -0.4 is 5.73 Å². The summed E-state index contributed by atoms with van der Waals surface area (Å²) >= 11 is 0. The summed E-state index contributed by atoms with van der Waals surface area (Å²) in [6, 6.07) is 5.44. The minimum absolute atomic E-state index is 0.323. The first-order chi connectivity index (χ1) is 7.27. The van der Waals surface area contributed by atoms with Crippen LogP contribution in [-0.4, -0.2) is 6.54 Å². The smallest absolute Gasteiger partial charge is 0.330 e. The number of rotatable bonds is 3. The second kappa shape index (κ2) is 4.45. The van der Waals surface area contributed by atoms with E-state index in [9.17, 15) is 13.2 Å². The fraction of sp³-hybridized carbons (Fsp3) is 0.500. The monoisotopic (exact) mass is 231 g/mol. The molecule has 1 rings (SSSR count). The maximum absolute atomic E-state index is 12.5. The quantitative estimate of drug-likeness (QED) is 0.848. The lowest BCUT2D eigenvalue weighted by Gasteiger charge is -2.25. The predicted octanol–water partition coefficient (Wildman–Crippen LogP) is 3.33. The molecule has 1 aromatic carbocycles. The molecule has 0 saturated heterocycles. The van der Waals surface area contributed by atoms with Gasteiger partial charge in [-0.25, -0.2) is 0 Å². The summed E-state index contributed by atoms with van der Waals surface area (Å²) in [7, 11) is 0. The van der Waals surface area contributed by atoms with Gasteiger partial charge in [0, 0.05) is 0 Å². The molecule has 0 heterocycles. The summed E-state index contributed by atoms with van der Waals surface area (Å²) in [4.78, 5) is 0. The van der Waals surface area contributed by atoms with Gasteiger partial charge in [0.1, 0.15) is 0 Å². The lowest BCUT2D eigenvalue weighted by molar-refractivity contribution is -0.137. The van der Waals surface area contributed by atoms with Crippen LogP contribution in [0, 0.1) is 0 Å². The SMILES string of the molecule is CC(C)(CCN)c1cccc(C(F)(F)F)c1. The Morgan fingerprint density at radius 1 is 1.12 bits per heavy atom. The third kappa shape index (κ3) is 2.98. The summed E-state index contributed by atoms with van der Waals surface area (Å²) in [5.41, 5.74) is 5.20. The molecule has 2 N–H and O–H groups in total. The average Bonchev–Trinajstić information content (AvgIpc) is 2.16. The van der Waals surface area contributed by atoms with E-state index in [1.54, 1.807) is 6.07 Å². The molecule has 1 aromatic rings. The van der Waals surface area contributed by atoms with Crippen LogP contribution in [0.15, 0.2) is 24.3 Å². The molecule has 0 amide bonds. The normalized spacial score (nSPS) is 12.9. The molecular weight excluding hydrogens is 215 g/mol. The highest BCUT2D eigenvalue weighted by molar-refractivity contribution is 5.30. The van der Waals surface area contributed by atoms with Crippen molar-refractivity contribution >= 4 is 0 Å². The largest absolute Gasteiger partial charge is 0.416 e. The molecule has 0 aliphatic carbocycles. The number of alkyl halides is 3. The number of nitrogens with two attached hydrogens (primary N) is 1. The Balaban J connectivity index is 3.08. The summed E-state index contributed by atoms with van der Waals surface area (Å²) in [5, 5.41) is 0. The van der Waals surface area contributed by atoms with Crippen molar-refractivity contribution in [3.05, 3.63) is 35.4 Å². The van der Waals surface area contributed by atoms with Crippen LogP contribution in [0.1, 0.15) is 31.4 Å². The van der Waals surface area contributed by atoms with Gasteiger partial charge in [0.2, 0.25) is 0 Å². The van der Waals surface area contributed by atoms with Crippen molar-refractivity contribution in [2.24, 2.45) is 5.73 Å². The molecule has 0 saturated carbocycles. The molecular formula is C12H16F3N. The van der Waals surface area contributed by atoms with Gasteiger partial charge in [-0.2, -0.15) is 13.2 Å². The van der Waals surface area contributed by atoms with Gasteiger partial charge in [0.25, 0.3) is 0 Å². The van der Waals surface area contributed by atoms with Gasteiger partial charge in [-0.1, -0.05) is 32.0 Å². The van der Waals surface area contributed by atoms with Crippen LogP contribution in [0.3, 0.4) is 0 Å². The van der Waals surface area contributed by atoms with E-state index in [1.807, 2.05) is 13.8 Å². The van der Waals surface area contributed by atoms with Crippen molar-refractivity contribution in [3.63, 3.8) is 0 Å². The Kier molecular flexibility index (Phi) is 3.63. The van der Waals surface area contributed by atoms with Gasteiger partial charge < -0.3 is 5.73 Å². The number of hydrogen-bond acceptors (Lipinski definition) is 1. The molecule has 0 radical (unpaired) electrons. The van der Waals surface area contributed by atoms with Crippen LogP contribution in [0.5, 0.6) is 0 Å². The molecule has 4 heteroatoms. The Morgan fingerprint density at radius 3 is 2.19 bits per heavy atom. The zero-order valence-electron chi connectivity index (χ0n) is 9.43. The molecule has 90 valence electrons. The first-order valence-corrected chi connectivity index (χ1v) is 5.15. The number of hydrogen-bond donors (Lipinski definition) is 1. The zero-order valence-corrected chi connectivity index (χ0v) is 9.43. The molecule has 1 nitrogen and oxygen atoms in total. The Hall–Kier alpha value is -1.03. The first kappa shape index (κ1) is 13.0. The lowest BCUT2D eigenvalue weighted by atomic mass is 9.81. The molecule has 0 bridgehead atoms. The van der Waals surface area contributed by atoms with Crippen molar-refractivity contribution in [2.75, 3.05) is 6.54 Å².